The van der Waals surface area contributed by atoms with E-state index in [-0.39, 0.29) is 11.8 Å². The fraction of sp³-hybridized carbons (Fsp3) is 0.588. The molecule has 0 spiro atoms. The van der Waals surface area contributed by atoms with Crippen molar-refractivity contribution >= 4 is 11.6 Å². The van der Waals surface area contributed by atoms with Gasteiger partial charge in [0.25, 0.3) is 5.91 Å². The molecule has 3 heterocycles. The summed E-state index contributed by atoms with van der Waals surface area (Å²) in [5.41, 5.74) is 0.979. The van der Waals surface area contributed by atoms with Crippen LogP contribution in [0.15, 0.2) is 24.5 Å². The fourth-order valence-electron chi connectivity index (χ4n) is 2.92. The van der Waals surface area contributed by atoms with Gasteiger partial charge in [-0.3, -0.25) is 4.79 Å². The Morgan fingerprint density at radius 3 is 3.08 bits per heavy atom. The van der Waals surface area contributed by atoms with E-state index in [4.69, 9.17) is 9.47 Å². The summed E-state index contributed by atoms with van der Waals surface area (Å²) in [5, 5.41) is 4.57. The highest BCUT2D eigenvalue weighted by Crippen LogP contribution is 2.18. The molecule has 1 aliphatic heterocycles. The summed E-state index contributed by atoms with van der Waals surface area (Å²) in [6.45, 7) is 6.01. The van der Waals surface area contributed by atoms with E-state index in [9.17, 15) is 4.79 Å². The van der Waals surface area contributed by atoms with Crippen molar-refractivity contribution < 1.29 is 14.3 Å². The number of nitrogens with zero attached hydrogens (tertiary/aromatic N) is 4. The van der Waals surface area contributed by atoms with Crippen LogP contribution >= 0.6 is 0 Å². The van der Waals surface area contributed by atoms with Gasteiger partial charge in [0.05, 0.1) is 18.9 Å². The normalized spacial score (nSPS) is 19.5. The van der Waals surface area contributed by atoms with Gasteiger partial charge in [0.2, 0.25) is 0 Å². The van der Waals surface area contributed by atoms with Crippen LogP contribution in [0.4, 0.5) is 0 Å². The van der Waals surface area contributed by atoms with E-state index in [1.165, 1.54) is 0 Å². The van der Waals surface area contributed by atoms with Gasteiger partial charge in [-0.25, -0.2) is 9.50 Å². The van der Waals surface area contributed by atoms with E-state index in [0.29, 0.717) is 26.3 Å². The van der Waals surface area contributed by atoms with Crippen molar-refractivity contribution in [1.29, 1.82) is 0 Å². The lowest BCUT2D eigenvalue weighted by molar-refractivity contribution is -0.151. The second-order valence-corrected chi connectivity index (χ2v) is 6.67. The molecule has 1 atom stereocenters. The Morgan fingerprint density at radius 1 is 1.46 bits per heavy atom. The largest absolute Gasteiger partial charge is 0.379 e. The topological polar surface area (TPSA) is 69.0 Å². The molecule has 1 aliphatic rings. The Balaban J connectivity index is 1.71. The van der Waals surface area contributed by atoms with E-state index in [1.54, 1.807) is 31.7 Å². The second-order valence-electron chi connectivity index (χ2n) is 6.67. The molecule has 0 aromatic carbocycles. The molecule has 0 unspecified atom stereocenters. The predicted octanol–water partition coefficient (Wildman–Crippen LogP) is 1.17. The van der Waals surface area contributed by atoms with Crippen molar-refractivity contribution in [3.63, 3.8) is 0 Å². The van der Waals surface area contributed by atoms with Crippen molar-refractivity contribution in [3.8, 4) is 0 Å². The molecule has 7 nitrogen and oxygen atoms in total. The van der Waals surface area contributed by atoms with Gasteiger partial charge in [0.15, 0.2) is 5.65 Å². The molecule has 2 aromatic heterocycles. The maximum absolute atomic E-state index is 12.7. The first-order valence-corrected chi connectivity index (χ1v) is 8.21. The Bertz CT molecular complexity index is 713. The highest BCUT2D eigenvalue weighted by atomic mass is 16.5. The zero-order valence-electron chi connectivity index (χ0n) is 14.4. The third-order valence-corrected chi connectivity index (χ3v) is 4.46. The first-order chi connectivity index (χ1) is 11.5. The molecule has 0 saturated carbocycles. The van der Waals surface area contributed by atoms with Gasteiger partial charge in [-0.2, -0.15) is 5.10 Å². The van der Waals surface area contributed by atoms with E-state index < -0.39 is 5.60 Å². The minimum Gasteiger partial charge on any atom is -0.379 e. The number of fused-ring (bicyclic) bond motifs is 1. The molecule has 2 aromatic rings. The average Bonchev–Trinajstić information content (AvgIpc) is 2.92. The number of hydrogen-bond acceptors (Lipinski definition) is 5. The zero-order chi connectivity index (χ0) is 17.2. The van der Waals surface area contributed by atoms with Gasteiger partial charge in [0, 0.05) is 38.5 Å². The first kappa shape index (κ1) is 16.9. The second kappa shape index (κ2) is 6.86. The lowest BCUT2D eigenvalue weighted by Gasteiger charge is -2.31. The number of amides is 1. The van der Waals surface area contributed by atoms with Crippen molar-refractivity contribution in [2.45, 2.75) is 25.9 Å². The van der Waals surface area contributed by atoms with Gasteiger partial charge in [0.1, 0.15) is 5.60 Å². The SMILES string of the molecule is COC(C)(C)C(=O)N1CCOC[C@@H](Cc2ccc3nccn3n2)C1. The molecule has 0 bridgehead atoms. The summed E-state index contributed by atoms with van der Waals surface area (Å²) in [6.07, 6.45) is 4.32. The van der Waals surface area contributed by atoms with Crippen LogP contribution in [-0.2, 0) is 20.7 Å². The van der Waals surface area contributed by atoms with Gasteiger partial charge < -0.3 is 14.4 Å². The molecular weight excluding hydrogens is 308 g/mol. The van der Waals surface area contributed by atoms with Crippen molar-refractivity contribution in [3.05, 3.63) is 30.2 Å². The van der Waals surface area contributed by atoms with E-state index in [0.717, 1.165) is 17.8 Å². The van der Waals surface area contributed by atoms with Crippen LogP contribution in [0.2, 0.25) is 0 Å². The molecule has 3 rings (SSSR count). The van der Waals surface area contributed by atoms with Crippen LogP contribution in [0.5, 0.6) is 0 Å². The number of carbonyl (C=O) groups excluding carboxylic acids is 1. The number of rotatable bonds is 4. The van der Waals surface area contributed by atoms with Crippen LogP contribution in [-0.4, -0.2) is 64.4 Å². The summed E-state index contributed by atoms with van der Waals surface area (Å²) >= 11 is 0. The summed E-state index contributed by atoms with van der Waals surface area (Å²) in [5.74, 6) is 0.205. The van der Waals surface area contributed by atoms with Crippen LogP contribution < -0.4 is 0 Å². The highest BCUT2D eigenvalue weighted by molar-refractivity contribution is 5.84. The standard InChI is InChI=1S/C17H24N4O3/c1-17(2,23-3)16(22)20-8-9-24-12-13(11-20)10-14-4-5-15-18-6-7-21(15)19-14/h4-7,13H,8-12H2,1-3H3/t13-/m0/s1. The van der Waals surface area contributed by atoms with Crippen LogP contribution in [0.1, 0.15) is 19.5 Å². The predicted molar refractivity (Wildman–Crippen MR) is 88.7 cm³/mol. The number of carbonyl (C=O) groups is 1. The lowest BCUT2D eigenvalue weighted by atomic mass is 10.0. The van der Waals surface area contributed by atoms with E-state index in [2.05, 4.69) is 10.1 Å². The third kappa shape index (κ3) is 3.57. The molecule has 130 valence electrons. The number of methoxy groups -OCH3 is 1. The number of imidazole rings is 1. The summed E-state index contributed by atoms with van der Waals surface area (Å²) in [6, 6.07) is 3.94. The summed E-state index contributed by atoms with van der Waals surface area (Å²) in [4.78, 5) is 18.7. The fourth-order valence-corrected chi connectivity index (χ4v) is 2.92. The highest BCUT2D eigenvalue weighted by Gasteiger charge is 2.34. The number of ether oxygens (including phenoxy) is 2. The number of aromatic nitrogens is 3. The minimum atomic E-state index is -0.817. The number of hydrogen-bond donors (Lipinski definition) is 0. The van der Waals surface area contributed by atoms with Gasteiger partial charge >= 0.3 is 0 Å². The van der Waals surface area contributed by atoms with E-state index >= 15 is 0 Å². The average molecular weight is 332 g/mol. The molecule has 0 radical (unpaired) electrons. The monoisotopic (exact) mass is 332 g/mol. The van der Waals surface area contributed by atoms with Gasteiger partial charge in [-0.05, 0) is 32.4 Å². The lowest BCUT2D eigenvalue weighted by Crippen LogP contribution is -2.48. The Hall–Kier alpha value is -1.99. The maximum Gasteiger partial charge on any atom is 0.254 e. The summed E-state index contributed by atoms with van der Waals surface area (Å²) < 4.78 is 12.8. The quantitative estimate of drug-likeness (QED) is 0.841. The molecular formula is C17H24N4O3. The molecule has 1 fully saturated rings. The van der Waals surface area contributed by atoms with Crippen molar-refractivity contribution in [2.24, 2.45) is 5.92 Å². The zero-order valence-corrected chi connectivity index (χ0v) is 14.4. The smallest absolute Gasteiger partial charge is 0.254 e. The Labute approximate surface area is 141 Å². The van der Waals surface area contributed by atoms with Crippen LogP contribution in [0.3, 0.4) is 0 Å². The van der Waals surface area contributed by atoms with Crippen molar-refractivity contribution in [1.82, 2.24) is 19.5 Å². The van der Waals surface area contributed by atoms with Gasteiger partial charge in [-0.15, -0.1) is 0 Å². The molecule has 24 heavy (non-hydrogen) atoms. The Kier molecular flexibility index (Phi) is 4.82. The van der Waals surface area contributed by atoms with Crippen LogP contribution in [0.25, 0.3) is 5.65 Å². The molecule has 0 aliphatic carbocycles. The van der Waals surface area contributed by atoms with Gasteiger partial charge in [-0.1, -0.05) is 0 Å². The van der Waals surface area contributed by atoms with E-state index in [1.807, 2.05) is 23.2 Å². The molecule has 7 heteroatoms. The minimum absolute atomic E-state index is 0.00137. The maximum atomic E-state index is 12.7. The molecule has 1 saturated heterocycles. The summed E-state index contributed by atoms with van der Waals surface area (Å²) in [7, 11) is 1.56. The molecule has 1 amide bonds. The van der Waals surface area contributed by atoms with Crippen molar-refractivity contribution in [2.75, 3.05) is 33.4 Å². The first-order valence-electron chi connectivity index (χ1n) is 8.21. The Morgan fingerprint density at radius 2 is 2.29 bits per heavy atom. The van der Waals surface area contributed by atoms with Crippen LogP contribution in [0, 0.1) is 5.92 Å². The molecule has 0 N–H and O–H groups in total. The third-order valence-electron chi connectivity index (χ3n) is 4.46.